The van der Waals surface area contributed by atoms with E-state index in [4.69, 9.17) is 0 Å². The molecule has 27 heavy (non-hydrogen) atoms. The number of carboxylic acid groups (broad SMARTS) is 1. The highest BCUT2D eigenvalue weighted by molar-refractivity contribution is 5.96. The van der Waals surface area contributed by atoms with Crippen LogP contribution in [0.4, 0.5) is 0 Å². The number of carboxylic acids is 1. The summed E-state index contributed by atoms with van der Waals surface area (Å²) in [5, 5.41) is 12.0. The van der Waals surface area contributed by atoms with Crippen LogP contribution >= 0.6 is 0 Å². The van der Waals surface area contributed by atoms with Crippen LogP contribution in [-0.4, -0.2) is 23.0 Å². The molecule has 0 saturated heterocycles. The molecule has 4 fully saturated rings. The average molecular weight is 370 g/mol. The summed E-state index contributed by atoms with van der Waals surface area (Å²) >= 11 is 0. The third-order valence-corrected chi connectivity index (χ3v) is 7.11. The Kier molecular flexibility index (Phi) is 4.77. The summed E-state index contributed by atoms with van der Waals surface area (Å²) in [7, 11) is 0. The molecule has 0 radical (unpaired) electrons. The molecule has 0 unspecified atom stereocenters. The lowest BCUT2D eigenvalue weighted by molar-refractivity contribution is -0.139. The Balaban J connectivity index is 1.47. The van der Waals surface area contributed by atoms with Gasteiger partial charge >= 0.3 is 5.97 Å². The maximum atomic E-state index is 12.5. The number of benzene rings is 1. The number of aliphatic carboxylic acids is 1. The molecule has 1 aromatic carbocycles. The van der Waals surface area contributed by atoms with Crippen molar-refractivity contribution in [2.75, 3.05) is 0 Å². The maximum absolute atomic E-state index is 12.5. The fourth-order valence-electron chi connectivity index (χ4n) is 6.37. The summed E-state index contributed by atoms with van der Waals surface area (Å²) < 4.78 is 0. The SMILES string of the molecule is CC(C)C[C@@H](NC(=O)c1ccc(C23CC4CC(CC(C4)C2)C3)cc1)C(=O)O. The van der Waals surface area contributed by atoms with Gasteiger partial charge in [0.05, 0.1) is 0 Å². The molecule has 0 spiro atoms. The van der Waals surface area contributed by atoms with Crippen LogP contribution in [0.1, 0.15) is 74.7 Å². The molecule has 5 rings (SSSR count). The molecule has 4 nitrogen and oxygen atoms in total. The Morgan fingerprint density at radius 2 is 1.56 bits per heavy atom. The van der Waals surface area contributed by atoms with E-state index in [-0.39, 0.29) is 11.8 Å². The fourth-order valence-corrected chi connectivity index (χ4v) is 6.37. The standard InChI is InChI=1S/C23H31NO3/c1-14(2)7-20(22(26)27)24-21(25)18-3-5-19(6-4-18)23-11-15-8-16(12-23)10-17(9-15)13-23/h3-6,14-17,20H,7-13H2,1-2H3,(H,24,25)(H,26,27)/t15?,16?,17?,20-,23?/m1/s1. The van der Waals surface area contributed by atoms with E-state index in [0.717, 1.165) is 17.8 Å². The molecule has 0 aliphatic heterocycles. The zero-order valence-electron chi connectivity index (χ0n) is 16.4. The van der Waals surface area contributed by atoms with Gasteiger partial charge in [-0.2, -0.15) is 0 Å². The minimum Gasteiger partial charge on any atom is -0.480 e. The lowest BCUT2D eigenvalue weighted by atomic mass is 9.48. The summed E-state index contributed by atoms with van der Waals surface area (Å²) in [6, 6.07) is 7.19. The van der Waals surface area contributed by atoms with Crippen molar-refractivity contribution in [3.8, 4) is 0 Å². The summed E-state index contributed by atoms with van der Waals surface area (Å²) in [5.74, 6) is 1.64. The molecular formula is C23H31NO3. The number of hydrogen-bond donors (Lipinski definition) is 2. The van der Waals surface area contributed by atoms with Crippen molar-refractivity contribution in [3.05, 3.63) is 35.4 Å². The highest BCUT2D eigenvalue weighted by atomic mass is 16.4. The summed E-state index contributed by atoms with van der Waals surface area (Å²) in [6.45, 7) is 3.92. The second-order valence-electron chi connectivity index (χ2n) is 9.77. The molecule has 4 heteroatoms. The van der Waals surface area contributed by atoms with Gasteiger partial charge in [0.15, 0.2) is 0 Å². The monoisotopic (exact) mass is 369 g/mol. The van der Waals surface area contributed by atoms with E-state index in [2.05, 4.69) is 17.4 Å². The van der Waals surface area contributed by atoms with Crippen LogP contribution < -0.4 is 5.32 Å². The van der Waals surface area contributed by atoms with Gasteiger partial charge in [0.25, 0.3) is 5.91 Å². The lowest BCUT2D eigenvalue weighted by Gasteiger charge is -2.57. The van der Waals surface area contributed by atoms with E-state index in [1.165, 1.54) is 44.1 Å². The fraction of sp³-hybridized carbons (Fsp3) is 0.652. The first-order chi connectivity index (χ1) is 12.8. The summed E-state index contributed by atoms with van der Waals surface area (Å²) in [6.07, 6.45) is 8.62. The molecule has 2 N–H and O–H groups in total. The lowest BCUT2D eigenvalue weighted by Crippen LogP contribution is -2.48. The van der Waals surface area contributed by atoms with E-state index in [1.807, 2.05) is 26.0 Å². The number of carbonyl (C=O) groups excluding carboxylic acids is 1. The third kappa shape index (κ3) is 3.63. The predicted octanol–water partition coefficient (Wildman–Crippen LogP) is 4.38. The van der Waals surface area contributed by atoms with Gasteiger partial charge in [0.2, 0.25) is 0 Å². The molecule has 0 aromatic heterocycles. The van der Waals surface area contributed by atoms with Crippen molar-refractivity contribution >= 4 is 11.9 Å². The number of nitrogens with one attached hydrogen (secondary N) is 1. The molecule has 1 amide bonds. The van der Waals surface area contributed by atoms with E-state index in [0.29, 0.717) is 17.4 Å². The van der Waals surface area contributed by atoms with Crippen molar-refractivity contribution in [1.29, 1.82) is 0 Å². The van der Waals surface area contributed by atoms with E-state index >= 15 is 0 Å². The molecule has 4 bridgehead atoms. The molecule has 4 saturated carbocycles. The minimum absolute atomic E-state index is 0.213. The zero-order valence-corrected chi connectivity index (χ0v) is 16.4. The van der Waals surface area contributed by atoms with Crippen LogP contribution in [0.3, 0.4) is 0 Å². The largest absolute Gasteiger partial charge is 0.480 e. The van der Waals surface area contributed by atoms with Gasteiger partial charge in [0.1, 0.15) is 6.04 Å². The van der Waals surface area contributed by atoms with Gasteiger partial charge in [-0.05, 0) is 91.7 Å². The van der Waals surface area contributed by atoms with Crippen LogP contribution in [0.25, 0.3) is 0 Å². The average Bonchev–Trinajstić information content (AvgIpc) is 2.59. The van der Waals surface area contributed by atoms with Crippen molar-refractivity contribution < 1.29 is 14.7 Å². The Morgan fingerprint density at radius 1 is 1.04 bits per heavy atom. The number of amides is 1. The van der Waals surface area contributed by atoms with Gasteiger partial charge in [-0.15, -0.1) is 0 Å². The zero-order chi connectivity index (χ0) is 19.2. The number of carbonyl (C=O) groups is 2. The normalized spacial score (nSPS) is 32.5. The Morgan fingerprint density at radius 3 is 2.00 bits per heavy atom. The van der Waals surface area contributed by atoms with Gasteiger partial charge in [-0.3, -0.25) is 4.79 Å². The first kappa shape index (κ1) is 18.5. The number of rotatable bonds is 6. The van der Waals surface area contributed by atoms with Gasteiger partial charge in [0, 0.05) is 5.56 Å². The van der Waals surface area contributed by atoms with Crippen LogP contribution in [0, 0.1) is 23.7 Å². The molecule has 4 aliphatic carbocycles. The van der Waals surface area contributed by atoms with Gasteiger partial charge in [-0.1, -0.05) is 26.0 Å². The number of hydrogen-bond acceptors (Lipinski definition) is 2. The molecule has 4 aliphatic rings. The van der Waals surface area contributed by atoms with E-state index < -0.39 is 12.0 Å². The van der Waals surface area contributed by atoms with Crippen LogP contribution in [0.2, 0.25) is 0 Å². The smallest absolute Gasteiger partial charge is 0.326 e. The van der Waals surface area contributed by atoms with Crippen LogP contribution in [0.15, 0.2) is 24.3 Å². The molecule has 146 valence electrons. The molecular weight excluding hydrogens is 338 g/mol. The predicted molar refractivity (Wildman–Crippen MR) is 105 cm³/mol. The molecule has 1 aromatic rings. The topological polar surface area (TPSA) is 66.4 Å². The first-order valence-corrected chi connectivity index (χ1v) is 10.5. The summed E-state index contributed by atoms with van der Waals surface area (Å²) in [5.41, 5.74) is 2.26. The third-order valence-electron chi connectivity index (χ3n) is 7.11. The van der Waals surface area contributed by atoms with Crippen molar-refractivity contribution in [1.82, 2.24) is 5.32 Å². The molecule has 0 heterocycles. The maximum Gasteiger partial charge on any atom is 0.326 e. The Labute approximate surface area is 161 Å². The van der Waals surface area contributed by atoms with Crippen LogP contribution in [-0.2, 0) is 10.2 Å². The first-order valence-electron chi connectivity index (χ1n) is 10.5. The highest BCUT2D eigenvalue weighted by Crippen LogP contribution is 2.60. The van der Waals surface area contributed by atoms with E-state index in [1.54, 1.807) is 0 Å². The molecule has 1 atom stereocenters. The Hall–Kier alpha value is -1.84. The van der Waals surface area contributed by atoms with Crippen LogP contribution in [0.5, 0.6) is 0 Å². The quantitative estimate of drug-likeness (QED) is 0.782. The second kappa shape index (κ2) is 6.96. The summed E-state index contributed by atoms with van der Waals surface area (Å²) in [4.78, 5) is 23.9. The van der Waals surface area contributed by atoms with Gasteiger partial charge < -0.3 is 10.4 Å². The highest BCUT2D eigenvalue weighted by Gasteiger charge is 2.51. The van der Waals surface area contributed by atoms with Crippen molar-refractivity contribution in [2.45, 2.75) is 70.3 Å². The second-order valence-corrected chi connectivity index (χ2v) is 9.77. The minimum atomic E-state index is -0.970. The van der Waals surface area contributed by atoms with Crippen molar-refractivity contribution in [3.63, 3.8) is 0 Å². The van der Waals surface area contributed by atoms with E-state index in [9.17, 15) is 14.7 Å². The Bertz CT molecular complexity index is 686. The van der Waals surface area contributed by atoms with Gasteiger partial charge in [-0.25, -0.2) is 4.79 Å². The van der Waals surface area contributed by atoms with Crippen molar-refractivity contribution in [2.24, 2.45) is 23.7 Å².